The fraction of sp³-hybridized carbons (Fsp3) is 0.0345. The summed E-state index contributed by atoms with van der Waals surface area (Å²) < 4.78 is 0. The molecule has 60 heavy (non-hydrogen) atoms. The quantitative estimate of drug-likeness (QED) is 0.159. The first-order chi connectivity index (χ1) is 29.6. The monoisotopic (exact) mass is 764 g/mol. The zero-order valence-corrected chi connectivity index (χ0v) is 33.5. The third-order valence-electron chi connectivity index (χ3n) is 12.8. The number of rotatable bonds is 7. The van der Waals surface area contributed by atoms with E-state index in [1.807, 2.05) is 0 Å². The lowest BCUT2D eigenvalue weighted by molar-refractivity contribution is 1.26. The average molecular weight is 765 g/mol. The molecule has 10 aromatic rings. The summed E-state index contributed by atoms with van der Waals surface area (Å²) in [5.74, 6) is 0. The van der Waals surface area contributed by atoms with Crippen molar-refractivity contribution in [3.63, 3.8) is 0 Å². The van der Waals surface area contributed by atoms with E-state index in [0.717, 1.165) is 11.4 Å². The normalized spacial score (nSPS) is 11.8. The Morgan fingerprint density at radius 1 is 0.250 bits per heavy atom. The van der Waals surface area contributed by atoms with Crippen molar-refractivity contribution in [1.82, 2.24) is 0 Å². The Kier molecular flexibility index (Phi) is 7.70. The van der Waals surface area contributed by atoms with Crippen LogP contribution in [-0.4, -0.2) is 0 Å². The van der Waals surface area contributed by atoms with Crippen LogP contribution in [0.5, 0.6) is 0 Å². The van der Waals surface area contributed by atoms with Crippen LogP contribution in [-0.2, 0) is 0 Å². The molecule has 0 N–H and O–H groups in total. The van der Waals surface area contributed by atoms with Gasteiger partial charge in [0.05, 0.1) is 11.4 Å². The summed E-state index contributed by atoms with van der Waals surface area (Å²) in [4.78, 5) is 4.87. The zero-order chi connectivity index (χ0) is 39.9. The largest absolute Gasteiger partial charge is 0.310 e. The molecule has 2 nitrogen and oxygen atoms in total. The Bertz CT molecular complexity index is 3050. The first-order valence-electron chi connectivity index (χ1n) is 20.9. The number of aryl methyl sites for hydroxylation is 2. The summed E-state index contributed by atoms with van der Waals surface area (Å²) in [5, 5.41) is 5.17. The van der Waals surface area contributed by atoms with Crippen molar-refractivity contribution in [3.8, 4) is 55.6 Å². The molecule has 0 atom stereocenters. The molecule has 0 saturated carbocycles. The topological polar surface area (TPSA) is 6.48 Å². The molecular weight excluding hydrogens is 725 g/mol. The van der Waals surface area contributed by atoms with Gasteiger partial charge in [-0.05, 0) is 140 Å². The van der Waals surface area contributed by atoms with Crippen LogP contribution in [0.15, 0.2) is 206 Å². The number of hydrogen-bond donors (Lipinski definition) is 0. The van der Waals surface area contributed by atoms with E-state index < -0.39 is 0 Å². The minimum atomic E-state index is 1.13. The van der Waals surface area contributed by atoms with Gasteiger partial charge in [-0.1, -0.05) is 158 Å². The molecule has 2 heteroatoms. The molecule has 2 aliphatic carbocycles. The lowest BCUT2D eigenvalue weighted by Crippen LogP contribution is -2.12. The van der Waals surface area contributed by atoms with E-state index in [4.69, 9.17) is 0 Å². The molecule has 10 aromatic carbocycles. The summed E-state index contributed by atoms with van der Waals surface area (Å²) >= 11 is 0. The van der Waals surface area contributed by atoms with Gasteiger partial charge in [-0.25, -0.2) is 0 Å². The van der Waals surface area contributed by atoms with E-state index in [0.29, 0.717) is 0 Å². The van der Waals surface area contributed by atoms with Gasteiger partial charge in [0.1, 0.15) is 0 Å². The van der Waals surface area contributed by atoms with Gasteiger partial charge < -0.3 is 9.80 Å². The zero-order valence-electron chi connectivity index (χ0n) is 33.5. The number of hydrogen-bond acceptors (Lipinski definition) is 2. The molecule has 0 spiro atoms. The van der Waals surface area contributed by atoms with Crippen LogP contribution >= 0.6 is 0 Å². The molecule has 282 valence electrons. The number of benzene rings is 10. The van der Waals surface area contributed by atoms with Gasteiger partial charge in [0.2, 0.25) is 0 Å². The molecule has 0 saturated heterocycles. The first kappa shape index (κ1) is 34.4. The van der Waals surface area contributed by atoms with E-state index in [9.17, 15) is 0 Å². The third-order valence-corrected chi connectivity index (χ3v) is 12.8. The highest BCUT2D eigenvalue weighted by molar-refractivity contribution is 6.20. The van der Waals surface area contributed by atoms with Crippen molar-refractivity contribution in [3.05, 3.63) is 217 Å². The van der Waals surface area contributed by atoms with Gasteiger partial charge in [0, 0.05) is 33.5 Å². The smallest absolute Gasteiger partial charge is 0.0540 e. The van der Waals surface area contributed by atoms with E-state index in [1.54, 1.807) is 0 Å². The van der Waals surface area contributed by atoms with Crippen molar-refractivity contribution in [2.24, 2.45) is 0 Å². The van der Waals surface area contributed by atoms with E-state index >= 15 is 0 Å². The minimum absolute atomic E-state index is 1.13. The SMILES string of the molecule is Cc1ccccc1N(c1ccc(-c2ccc(N(c3ccccc3C)c3ccc4c5c(cccc35)-c3ccccc3-4)cc2)cc1)c1ccc2c3c(cccc13)-c1ccccc1-2. The molecule has 0 aromatic heterocycles. The van der Waals surface area contributed by atoms with E-state index in [-0.39, 0.29) is 0 Å². The number of fused-ring (bicyclic) bond motifs is 6. The molecule has 0 fully saturated rings. The molecule has 0 amide bonds. The molecule has 2 aliphatic rings. The fourth-order valence-corrected chi connectivity index (χ4v) is 10.0. The molecule has 0 bridgehead atoms. The van der Waals surface area contributed by atoms with Crippen LogP contribution < -0.4 is 9.80 Å². The molecule has 0 heterocycles. The fourth-order valence-electron chi connectivity index (χ4n) is 10.0. The van der Waals surface area contributed by atoms with Crippen LogP contribution in [0.2, 0.25) is 0 Å². The van der Waals surface area contributed by atoms with Gasteiger partial charge in [0.15, 0.2) is 0 Å². The van der Waals surface area contributed by atoms with Gasteiger partial charge in [0.25, 0.3) is 0 Å². The van der Waals surface area contributed by atoms with Crippen molar-refractivity contribution in [2.45, 2.75) is 13.8 Å². The van der Waals surface area contributed by atoms with Gasteiger partial charge in [-0.15, -0.1) is 0 Å². The number of nitrogens with zero attached hydrogens (tertiary/aromatic N) is 2. The number of para-hydroxylation sites is 2. The Hall–Kier alpha value is -7.68. The van der Waals surface area contributed by atoms with Crippen molar-refractivity contribution < 1.29 is 0 Å². The molecule has 0 aliphatic heterocycles. The number of anilines is 6. The molecule has 0 unspecified atom stereocenters. The maximum absolute atomic E-state index is 2.44. The standard InChI is InChI=1S/C58H40N2/c1-37-13-3-9-23-53(37)59(55-35-33-49-45-17-7-5-15-43(45)47-19-11-21-51(55)57(47)49)41-29-25-39(26-30-41)40-27-31-42(32-28-40)60(54-24-10-4-14-38(54)2)56-36-34-50-46-18-8-6-16-44(46)48-20-12-22-52(56)58(48)50/h3-36H,1-2H3. The minimum Gasteiger partial charge on any atom is -0.310 e. The summed E-state index contributed by atoms with van der Waals surface area (Å²) in [6, 6.07) is 76.0. The Balaban J connectivity index is 0.937. The van der Waals surface area contributed by atoms with Crippen molar-refractivity contribution >= 4 is 55.7 Å². The van der Waals surface area contributed by atoms with E-state index in [1.165, 1.54) is 111 Å². The summed E-state index contributed by atoms with van der Waals surface area (Å²) in [6.45, 7) is 4.41. The van der Waals surface area contributed by atoms with Gasteiger partial charge in [-0.3, -0.25) is 0 Å². The summed E-state index contributed by atoms with van der Waals surface area (Å²) in [6.07, 6.45) is 0. The highest BCUT2D eigenvalue weighted by Gasteiger charge is 2.27. The van der Waals surface area contributed by atoms with Crippen LogP contribution in [0.3, 0.4) is 0 Å². The highest BCUT2D eigenvalue weighted by atomic mass is 15.2. The Morgan fingerprint density at radius 2 is 0.583 bits per heavy atom. The van der Waals surface area contributed by atoms with Crippen LogP contribution in [0.4, 0.5) is 34.1 Å². The summed E-state index contributed by atoms with van der Waals surface area (Å²) in [7, 11) is 0. The van der Waals surface area contributed by atoms with Crippen molar-refractivity contribution in [2.75, 3.05) is 9.80 Å². The van der Waals surface area contributed by atoms with Crippen molar-refractivity contribution in [1.29, 1.82) is 0 Å². The van der Waals surface area contributed by atoms with E-state index in [2.05, 4.69) is 230 Å². The Labute approximate surface area is 350 Å². The second kappa shape index (κ2) is 13.4. The molecule has 0 radical (unpaired) electrons. The first-order valence-corrected chi connectivity index (χ1v) is 20.9. The average Bonchev–Trinajstić information content (AvgIpc) is 3.81. The third kappa shape index (κ3) is 5.14. The lowest BCUT2D eigenvalue weighted by Gasteiger charge is -2.29. The summed E-state index contributed by atoms with van der Waals surface area (Å²) in [5.41, 5.74) is 22.3. The van der Waals surface area contributed by atoms with Gasteiger partial charge >= 0.3 is 0 Å². The van der Waals surface area contributed by atoms with Crippen LogP contribution in [0.1, 0.15) is 11.1 Å². The maximum atomic E-state index is 2.44. The maximum Gasteiger partial charge on any atom is 0.0540 e. The predicted molar refractivity (Wildman–Crippen MR) is 255 cm³/mol. The van der Waals surface area contributed by atoms with Crippen LogP contribution in [0.25, 0.3) is 77.2 Å². The highest BCUT2D eigenvalue weighted by Crippen LogP contribution is 2.53. The van der Waals surface area contributed by atoms with Crippen LogP contribution in [0, 0.1) is 13.8 Å². The molecule has 12 rings (SSSR count). The van der Waals surface area contributed by atoms with Gasteiger partial charge in [-0.2, -0.15) is 0 Å². The Morgan fingerprint density at radius 3 is 0.967 bits per heavy atom. The lowest BCUT2D eigenvalue weighted by atomic mass is 9.99. The predicted octanol–water partition coefficient (Wildman–Crippen LogP) is 16.5. The molecular formula is C58H40N2. The second-order valence-electron chi connectivity index (χ2n) is 16.1. The second-order valence-corrected chi connectivity index (χ2v) is 16.1.